The number of hydrogen-bond acceptors (Lipinski definition) is 20. The Bertz CT molecular complexity index is 2690. The summed E-state index contributed by atoms with van der Waals surface area (Å²) in [7, 11) is 9.18. The predicted octanol–water partition coefficient (Wildman–Crippen LogP) is -0.375. The fraction of sp³-hybridized carbons (Fsp3) is 0.480. The molecule has 0 unspecified atom stereocenters. The molecule has 0 fully saturated rings. The lowest BCUT2D eigenvalue weighted by Gasteiger charge is -2.52. The van der Waals surface area contributed by atoms with Crippen LogP contribution in [0.1, 0.15) is 58.5 Å². The van der Waals surface area contributed by atoms with Crippen molar-refractivity contribution in [2.45, 2.75) is 61.2 Å². The number of amides is 2. The lowest BCUT2D eigenvalue weighted by molar-refractivity contribution is -0.153. The number of carbonyl (C=O) groups is 6. The maximum absolute atomic E-state index is 14.3. The fourth-order valence-electron chi connectivity index (χ4n) is 12.1. The van der Waals surface area contributed by atoms with Gasteiger partial charge < -0.3 is 61.7 Å². The lowest BCUT2D eigenvalue weighted by atomic mass is 9.55. The SMILES string of the molecule is CN(CCN(C)CNC(=O)C1=C(O)[C@@H](N(C)C)[C@@H]2C[C@H]3C(=C(O)[C@]2(O)C1=O)C(=O)c1c(O)cccc1[C@@]3(C)O)CNC(=O)C1=C(O)[C@@H](N(C)C)[C@@H]2C[C@H]3C(=C(O)[C@]2(O)C1=O)C(=O)c1c(O)cccc1[C@@]3(C)O. The Labute approximate surface area is 413 Å². The van der Waals surface area contributed by atoms with E-state index in [1.165, 1.54) is 88.2 Å². The Morgan fingerprint density at radius 1 is 0.569 bits per heavy atom. The van der Waals surface area contributed by atoms with Gasteiger partial charge in [-0.2, -0.15) is 0 Å². The van der Waals surface area contributed by atoms with Crippen LogP contribution < -0.4 is 10.6 Å². The largest absolute Gasteiger partial charge is 0.510 e. The number of Topliss-reactive ketones (excluding diaryl/α,β-unsaturated/α-hetero) is 4. The first kappa shape index (κ1) is 51.8. The lowest BCUT2D eigenvalue weighted by Crippen LogP contribution is -2.65. The molecule has 2 aromatic carbocycles. The number of fused-ring (bicyclic) bond motifs is 6. The van der Waals surface area contributed by atoms with Crippen LogP contribution in [-0.2, 0) is 30.4 Å². The molecule has 6 aliphatic carbocycles. The van der Waals surface area contributed by atoms with Gasteiger partial charge in [0, 0.05) is 47.9 Å². The third-order valence-corrected chi connectivity index (χ3v) is 15.9. The first-order valence-corrected chi connectivity index (χ1v) is 23.2. The van der Waals surface area contributed by atoms with Crippen molar-refractivity contribution in [2.24, 2.45) is 23.7 Å². The maximum atomic E-state index is 14.3. The van der Waals surface area contributed by atoms with Gasteiger partial charge >= 0.3 is 0 Å². The first-order chi connectivity index (χ1) is 33.5. The molecule has 0 bridgehead atoms. The number of benzene rings is 2. The quantitative estimate of drug-likeness (QED) is 0.101. The van der Waals surface area contributed by atoms with Crippen LogP contribution in [0.3, 0.4) is 0 Å². The molecular formula is C50H60N6O16. The number of aliphatic hydroxyl groups excluding tert-OH is 4. The number of phenolic OH excluding ortho intramolecular Hbond substituents is 2. The van der Waals surface area contributed by atoms with Crippen molar-refractivity contribution in [3.8, 4) is 11.5 Å². The van der Waals surface area contributed by atoms with E-state index in [-0.39, 0.29) is 61.5 Å². The molecule has 0 aromatic heterocycles. The average molecular weight is 1000 g/mol. The van der Waals surface area contributed by atoms with E-state index in [9.17, 15) is 79.8 Å². The molecule has 22 nitrogen and oxygen atoms in total. The van der Waals surface area contributed by atoms with Crippen LogP contribution in [0.25, 0.3) is 0 Å². The molecule has 0 radical (unpaired) electrons. The number of rotatable bonds is 11. The first-order valence-electron chi connectivity index (χ1n) is 23.2. The Kier molecular flexibility index (Phi) is 12.7. The van der Waals surface area contributed by atoms with Crippen molar-refractivity contribution in [3.05, 3.63) is 104 Å². The number of likely N-dealkylation sites (N-methyl/N-ethyl adjacent to an activating group) is 4. The van der Waals surface area contributed by atoms with Crippen molar-refractivity contribution in [1.82, 2.24) is 30.2 Å². The highest BCUT2D eigenvalue weighted by Crippen LogP contribution is 2.58. The minimum absolute atomic E-state index is 0.0692. The van der Waals surface area contributed by atoms with Gasteiger partial charge in [-0.15, -0.1) is 0 Å². The molecule has 8 rings (SSSR count). The highest BCUT2D eigenvalue weighted by molar-refractivity contribution is 6.26. The second kappa shape index (κ2) is 17.6. The zero-order chi connectivity index (χ0) is 53.2. The summed E-state index contributed by atoms with van der Waals surface area (Å²) in [4.78, 5) is 90.0. The summed E-state index contributed by atoms with van der Waals surface area (Å²) in [5, 5.41) is 121. The Hall–Kier alpha value is -6.50. The van der Waals surface area contributed by atoms with Crippen LogP contribution in [-0.4, -0.2) is 198 Å². The Morgan fingerprint density at radius 2 is 0.903 bits per heavy atom. The summed E-state index contributed by atoms with van der Waals surface area (Å²) in [6.07, 6.45) is -0.611. The molecule has 2 aromatic rings. The van der Waals surface area contributed by atoms with Crippen molar-refractivity contribution in [1.29, 1.82) is 0 Å². The van der Waals surface area contributed by atoms with Crippen molar-refractivity contribution in [3.63, 3.8) is 0 Å². The van der Waals surface area contributed by atoms with Crippen molar-refractivity contribution < 1.29 is 79.8 Å². The van der Waals surface area contributed by atoms with E-state index in [2.05, 4.69) is 10.6 Å². The highest BCUT2D eigenvalue weighted by Gasteiger charge is 2.67. The standard InChI is InChI=1S/C50H60N6O16/c1-47(69)21-11-9-13-27(57)29(21)37(59)31-23(47)17-25-35(53(3)4)39(61)33(43(65)49(25,71)41(31)63)45(67)51-19-55(7)15-16-56(8)20-52-46(68)34-40(62)36(54(5)6)26-18-24-32(42(64)50(26,72)44(34)66)38(60)30-22(48(24,2)70)12-10-14-28(30)58/h9-14,23-26,35-36,57-58,61-64,69-72H,15-20H2,1-8H3,(H,51,67)(H,52,68)/t23-,24-,25-,26-,35-,36-,47+,48+,49-,50-/m0/s1. The molecular weight excluding hydrogens is 941 g/mol. The van der Waals surface area contributed by atoms with E-state index in [1.807, 2.05) is 0 Å². The molecule has 72 heavy (non-hydrogen) atoms. The summed E-state index contributed by atoms with van der Waals surface area (Å²) < 4.78 is 0. The average Bonchev–Trinajstić information content (AvgIpc) is 3.29. The second-order valence-corrected chi connectivity index (χ2v) is 20.7. The smallest absolute Gasteiger partial charge is 0.259 e. The van der Waals surface area contributed by atoms with Crippen LogP contribution in [0.5, 0.6) is 11.5 Å². The summed E-state index contributed by atoms with van der Waals surface area (Å²) in [6, 6.07) is 5.62. The number of nitrogens with zero attached hydrogens (tertiary/aromatic N) is 4. The molecule has 12 N–H and O–H groups in total. The minimum atomic E-state index is -2.92. The van der Waals surface area contributed by atoms with E-state index in [0.29, 0.717) is 0 Å². The minimum Gasteiger partial charge on any atom is -0.510 e. The van der Waals surface area contributed by atoms with Gasteiger partial charge in [0.15, 0.2) is 22.8 Å². The molecule has 22 heteroatoms. The van der Waals surface area contributed by atoms with Gasteiger partial charge in [0.1, 0.15) is 45.7 Å². The van der Waals surface area contributed by atoms with Gasteiger partial charge in [-0.05, 0) is 92.2 Å². The number of ketones is 4. The second-order valence-electron chi connectivity index (χ2n) is 20.7. The van der Waals surface area contributed by atoms with E-state index in [1.54, 1.807) is 23.9 Å². The summed E-state index contributed by atoms with van der Waals surface area (Å²) in [6.45, 7) is 2.56. The zero-order valence-corrected chi connectivity index (χ0v) is 40.9. The molecule has 2 amide bonds. The Balaban J connectivity index is 0.943. The van der Waals surface area contributed by atoms with E-state index >= 15 is 0 Å². The molecule has 0 aliphatic heterocycles. The van der Waals surface area contributed by atoms with E-state index in [0.717, 1.165) is 0 Å². The topological polar surface area (TPSA) is 342 Å². The van der Waals surface area contributed by atoms with Gasteiger partial charge in [0.05, 0.1) is 47.8 Å². The van der Waals surface area contributed by atoms with Gasteiger partial charge in [-0.1, -0.05) is 24.3 Å². The molecule has 0 spiro atoms. The van der Waals surface area contributed by atoms with Gasteiger partial charge in [0.2, 0.25) is 11.6 Å². The molecule has 10 atom stereocenters. The van der Waals surface area contributed by atoms with Crippen LogP contribution >= 0.6 is 0 Å². The fourth-order valence-corrected chi connectivity index (χ4v) is 12.1. The van der Waals surface area contributed by atoms with Crippen molar-refractivity contribution >= 4 is 34.9 Å². The summed E-state index contributed by atoms with van der Waals surface area (Å²) in [5.74, 6) is -16.7. The number of carbonyl (C=O) groups excluding carboxylic acids is 6. The van der Waals surface area contributed by atoms with Gasteiger partial charge in [0.25, 0.3) is 11.8 Å². The summed E-state index contributed by atoms with van der Waals surface area (Å²) in [5.41, 5.74) is -12.9. The number of aromatic hydroxyl groups is 2. The molecule has 386 valence electrons. The molecule has 6 aliphatic rings. The number of aliphatic hydroxyl groups is 8. The van der Waals surface area contributed by atoms with Gasteiger partial charge in [-0.25, -0.2) is 0 Å². The number of phenols is 2. The maximum Gasteiger partial charge on any atom is 0.259 e. The highest BCUT2D eigenvalue weighted by atomic mass is 16.4. The van der Waals surface area contributed by atoms with Crippen molar-refractivity contribution in [2.75, 3.05) is 68.7 Å². The summed E-state index contributed by atoms with van der Waals surface area (Å²) >= 11 is 0. The van der Waals surface area contributed by atoms with E-state index < -0.39 is 150 Å². The molecule has 0 heterocycles. The number of hydrogen-bond donors (Lipinski definition) is 12. The third-order valence-electron chi connectivity index (χ3n) is 15.9. The van der Waals surface area contributed by atoms with Crippen LogP contribution in [0.2, 0.25) is 0 Å². The monoisotopic (exact) mass is 1000 g/mol. The number of nitrogens with one attached hydrogen (secondary N) is 2. The van der Waals surface area contributed by atoms with E-state index in [4.69, 9.17) is 0 Å². The van der Waals surface area contributed by atoms with Gasteiger partial charge in [-0.3, -0.25) is 48.4 Å². The van der Waals surface area contributed by atoms with Crippen LogP contribution in [0, 0.1) is 23.7 Å². The normalized spacial score (nSPS) is 32.2. The third kappa shape index (κ3) is 7.29. The molecule has 0 saturated carbocycles. The Morgan fingerprint density at radius 3 is 1.22 bits per heavy atom. The predicted molar refractivity (Wildman–Crippen MR) is 252 cm³/mol. The van der Waals surface area contributed by atoms with Crippen LogP contribution in [0.4, 0.5) is 0 Å². The van der Waals surface area contributed by atoms with Crippen LogP contribution in [0.15, 0.2) is 81.7 Å². The zero-order valence-electron chi connectivity index (χ0n) is 40.9. The molecule has 0 saturated heterocycles.